The van der Waals surface area contributed by atoms with Crippen LogP contribution in [0.5, 0.6) is 11.5 Å². The standard InChI is InChI=1S/C15H15BrN2O3/c1-20-10-6-7-13(12(17)8-10)18-15(19)9-21-14-5-3-2-4-11(14)16/h2-8H,9,17H2,1H3,(H,18,19). The average molecular weight is 351 g/mol. The predicted octanol–water partition coefficient (Wildman–Crippen LogP) is 3.06. The second kappa shape index (κ2) is 6.99. The Labute approximate surface area is 131 Å². The smallest absolute Gasteiger partial charge is 0.262 e. The largest absolute Gasteiger partial charge is 0.497 e. The molecule has 0 unspecified atom stereocenters. The van der Waals surface area contributed by atoms with Crippen LogP contribution in [-0.4, -0.2) is 19.6 Å². The van der Waals surface area contributed by atoms with E-state index in [4.69, 9.17) is 15.2 Å². The van der Waals surface area contributed by atoms with Gasteiger partial charge in [0.25, 0.3) is 5.91 Å². The maximum absolute atomic E-state index is 11.9. The topological polar surface area (TPSA) is 73.6 Å². The molecule has 2 aromatic carbocycles. The fourth-order valence-electron chi connectivity index (χ4n) is 1.67. The van der Waals surface area contributed by atoms with Gasteiger partial charge in [-0.3, -0.25) is 4.79 Å². The maximum Gasteiger partial charge on any atom is 0.262 e. The zero-order valence-corrected chi connectivity index (χ0v) is 13.0. The summed E-state index contributed by atoms with van der Waals surface area (Å²) in [6, 6.07) is 12.4. The van der Waals surface area contributed by atoms with Crippen LogP contribution in [0.1, 0.15) is 0 Å². The van der Waals surface area contributed by atoms with E-state index in [9.17, 15) is 4.79 Å². The van der Waals surface area contributed by atoms with Gasteiger partial charge < -0.3 is 20.5 Å². The SMILES string of the molecule is COc1ccc(NC(=O)COc2ccccc2Br)c(N)c1. The van der Waals surface area contributed by atoms with E-state index in [1.54, 1.807) is 31.4 Å². The molecule has 1 amide bonds. The molecule has 2 rings (SSSR count). The third-order valence-corrected chi connectivity index (χ3v) is 3.38. The number of amides is 1. The van der Waals surface area contributed by atoms with Gasteiger partial charge in [-0.25, -0.2) is 0 Å². The molecule has 0 aliphatic rings. The first kappa shape index (κ1) is 15.2. The summed E-state index contributed by atoms with van der Waals surface area (Å²) in [6.07, 6.45) is 0. The van der Waals surface area contributed by atoms with Crippen molar-refractivity contribution in [3.8, 4) is 11.5 Å². The van der Waals surface area contributed by atoms with E-state index in [0.29, 0.717) is 22.9 Å². The van der Waals surface area contributed by atoms with Crippen molar-refractivity contribution in [3.63, 3.8) is 0 Å². The zero-order chi connectivity index (χ0) is 15.2. The van der Waals surface area contributed by atoms with Crippen molar-refractivity contribution in [1.82, 2.24) is 0 Å². The van der Waals surface area contributed by atoms with E-state index in [2.05, 4.69) is 21.2 Å². The number of nitrogen functional groups attached to an aromatic ring is 1. The van der Waals surface area contributed by atoms with Gasteiger partial charge in [0.15, 0.2) is 6.61 Å². The van der Waals surface area contributed by atoms with Crippen LogP contribution in [0.3, 0.4) is 0 Å². The van der Waals surface area contributed by atoms with Crippen LogP contribution in [-0.2, 0) is 4.79 Å². The Bertz CT molecular complexity index is 647. The number of nitrogens with two attached hydrogens (primary N) is 1. The third-order valence-electron chi connectivity index (χ3n) is 2.73. The fourth-order valence-corrected chi connectivity index (χ4v) is 2.07. The number of para-hydroxylation sites is 1. The first-order valence-electron chi connectivity index (χ1n) is 6.21. The molecule has 2 aromatic rings. The second-order valence-electron chi connectivity index (χ2n) is 4.22. The number of hydrogen-bond donors (Lipinski definition) is 2. The molecule has 21 heavy (non-hydrogen) atoms. The molecule has 110 valence electrons. The molecule has 5 nitrogen and oxygen atoms in total. The van der Waals surface area contributed by atoms with Gasteiger partial charge in [0.2, 0.25) is 0 Å². The van der Waals surface area contributed by atoms with Crippen molar-refractivity contribution in [2.45, 2.75) is 0 Å². The van der Waals surface area contributed by atoms with Gasteiger partial charge in [0.1, 0.15) is 11.5 Å². The lowest BCUT2D eigenvalue weighted by Gasteiger charge is -2.11. The number of anilines is 2. The van der Waals surface area contributed by atoms with Crippen molar-refractivity contribution in [1.29, 1.82) is 0 Å². The van der Waals surface area contributed by atoms with E-state index in [0.717, 1.165) is 4.47 Å². The summed E-state index contributed by atoms with van der Waals surface area (Å²) < 4.78 is 11.3. The third kappa shape index (κ3) is 4.13. The summed E-state index contributed by atoms with van der Waals surface area (Å²) in [5, 5.41) is 2.69. The van der Waals surface area contributed by atoms with Gasteiger partial charge in [0, 0.05) is 6.07 Å². The molecule has 3 N–H and O–H groups in total. The van der Waals surface area contributed by atoms with Gasteiger partial charge in [-0.1, -0.05) is 12.1 Å². The number of methoxy groups -OCH3 is 1. The Balaban J connectivity index is 1.95. The average Bonchev–Trinajstić information content (AvgIpc) is 2.48. The molecule has 0 aromatic heterocycles. The highest BCUT2D eigenvalue weighted by molar-refractivity contribution is 9.10. The molecule has 0 aliphatic carbocycles. The summed E-state index contributed by atoms with van der Waals surface area (Å²) in [6.45, 7) is -0.103. The molecular weight excluding hydrogens is 336 g/mol. The van der Waals surface area contributed by atoms with Crippen molar-refractivity contribution < 1.29 is 14.3 Å². The molecule has 0 spiro atoms. The van der Waals surface area contributed by atoms with Crippen LogP contribution >= 0.6 is 15.9 Å². The van der Waals surface area contributed by atoms with E-state index in [-0.39, 0.29) is 12.5 Å². The van der Waals surface area contributed by atoms with Gasteiger partial charge >= 0.3 is 0 Å². The van der Waals surface area contributed by atoms with Crippen LogP contribution in [0.25, 0.3) is 0 Å². The monoisotopic (exact) mass is 350 g/mol. The van der Waals surface area contributed by atoms with E-state index in [1.807, 2.05) is 18.2 Å². The van der Waals surface area contributed by atoms with Gasteiger partial charge in [0.05, 0.1) is 23.0 Å². The highest BCUT2D eigenvalue weighted by Crippen LogP contribution is 2.25. The molecular formula is C15H15BrN2O3. The molecule has 0 fully saturated rings. The number of carbonyl (C=O) groups excluding carboxylic acids is 1. The molecule has 0 bridgehead atoms. The Hall–Kier alpha value is -2.21. The van der Waals surface area contributed by atoms with Crippen LogP contribution in [0.15, 0.2) is 46.9 Å². The summed E-state index contributed by atoms with van der Waals surface area (Å²) in [5.41, 5.74) is 6.79. The molecule has 0 saturated carbocycles. The molecule has 0 aliphatic heterocycles. The minimum atomic E-state index is -0.289. The maximum atomic E-state index is 11.9. The number of carbonyl (C=O) groups is 1. The molecule has 0 heterocycles. The van der Waals surface area contributed by atoms with Crippen molar-refractivity contribution in [2.75, 3.05) is 24.8 Å². The highest BCUT2D eigenvalue weighted by atomic mass is 79.9. The summed E-state index contributed by atoms with van der Waals surface area (Å²) in [4.78, 5) is 11.9. The Kier molecular flexibility index (Phi) is 5.05. The van der Waals surface area contributed by atoms with Crippen molar-refractivity contribution >= 4 is 33.2 Å². The Morgan fingerprint density at radius 1 is 1.29 bits per heavy atom. The summed E-state index contributed by atoms with van der Waals surface area (Å²) >= 11 is 3.35. The zero-order valence-electron chi connectivity index (χ0n) is 11.4. The number of benzene rings is 2. The van der Waals surface area contributed by atoms with Crippen LogP contribution in [0.4, 0.5) is 11.4 Å². The Morgan fingerprint density at radius 3 is 2.71 bits per heavy atom. The lowest BCUT2D eigenvalue weighted by molar-refractivity contribution is -0.118. The van der Waals surface area contributed by atoms with E-state index >= 15 is 0 Å². The quantitative estimate of drug-likeness (QED) is 0.812. The Morgan fingerprint density at radius 2 is 2.05 bits per heavy atom. The van der Waals surface area contributed by atoms with Crippen LogP contribution in [0.2, 0.25) is 0 Å². The molecule has 0 atom stereocenters. The minimum absolute atomic E-state index is 0.103. The van der Waals surface area contributed by atoms with Gasteiger partial charge in [-0.15, -0.1) is 0 Å². The van der Waals surface area contributed by atoms with Crippen molar-refractivity contribution in [2.24, 2.45) is 0 Å². The van der Waals surface area contributed by atoms with Crippen LogP contribution in [0, 0.1) is 0 Å². The summed E-state index contributed by atoms with van der Waals surface area (Å²) in [7, 11) is 1.55. The summed E-state index contributed by atoms with van der Waals surface area (Å²) in [5.74, 6) is 0.952. The second-order valence-corrected chi connectivity index (χ2v) is 5.07. The van der Waals surface area contributed by atoms with Crippen molar-refractivity contribution in [3.05, 3.63) is 46.9 Å². The number of halogens is 1. The molecule has 6 heteroatoms. The number of rotatable bonds is 5. The van der Waals surface area contributed by atoms with E-state index in [1.165, 1.54) is 0 Å². The predicted molar refractivity (Wildman–Crippen MR) is 85.7 cm³/mol. The fraction of sp³-hybridized carbons (Fsp3) is 0.133. The van der Waals surface area contributed by atoms with Gasteiger partial charge in [-0.05, 0) is 40.2 Å². The lowest BCUT2D eigenvalue weighted by atomic mass is 10.2. The molecule has 0 saturated heterocycles. The van der Waals surface area contributed by atoms with E-state index < -0.39 is 0 Å². The van der Waals surface area contributed by atoms with Gasteiger partial charge in [-0.2, -0.15) is 0 Å². The number of hydrogen-bond acceptors (Lipinski definition) is 4. The molecule has 0 radical (unpaired) electrons. The highest BCUT2D eigenvalue weighted by Gasteiger charge is 2.08. The normalized spacial score (nSPS) is 10.0. The lowest BCUT2D eigenvalue weighted by Crippen LogP contribution is -2.20. The minimum Gasteiger partial charge on any atom is -0.497 e. The first-order valence-corrected chi connectivity index (χ1v) is 7.00. The number of nitrogens with one attached hydrogen (secondary N) is 1. The van der Waals surface area contributed by atoms with Crippen LogP contribution < -0.4 is 20.5 Å². The first-order chi connectivity index (χ1) is 10.1. The number of ether oxygens (including phenoxy) is 2.